The maximum atomic E-state index is 12.4. The average Bonchev–Trinajstić information content (AvgIpc) is 2.36. The molecule has 0 aromatic heterocycles. The summed E-state index contributed by atoms with van der Waals surface area (Å²) in [5, 5.41) is 8.98. The van der Waals surface area contributed by atoms with E-state index >= 15 is 0 Å². The van der Waals surface area contributed by atoms with Gasteiger partial charge in [0.25, 0.3) is 0 Å². The number of hydrogen-bond acceptors (Lipinski definition) is 4. The molecule has 0 bridgehead atoms. The Morgan fingerprint density at radius 1 is 1.40 bits per heavy atom. The van der Waals surface area contributed by atoms with Crippen LogP contribution in [0.3, 0.4) is 0 Å². The summed E-state index contributed by atoms with van der Waals surface area (Å²) in [4.78, 5) is 10.6. The van der Waals surface area contributed by atoms with E-state index in [1.807, 2.05) is 0 Å². The van der Waals surface area contributed by atoms with Gasteiger partial charge in [0.2, 0.25) is 10.0 Å². The zero-order chi connectivity index (χ0) is 15.3. The predicted molar refractivity (Wildman–Crippen MR) is 74.7 cm³/mol. The number of ether oxygens (including phenoxy) is 1. The van der Waals surface area contributed by atoms with Gasteiger partial charge in [0, 0.05) is 18.7 Å². The molecule has 0 spiro atoms. The van der Waals surface area contributed by atoms with Crippen LogP contribution in [0.5, 0.6) is 0 Å². The third kappa shape index (κ3) is 4.32. The number of aliphatic carboxylic acids is 1. The van der Waals surface area contributed by atoms with Crippen LogP contribution in [0.4, 0.5) is 0 Å². The molecule has 1 N–H and O–H groups in total. The van der Waals surface area contributed by atoms with Crippen LogP contribution < -0.4 is 0 Å². The van der Waals surface area contributed by atoms with Gasteiger partial charge in [-0.1, -0.05) is 23.2 Å². The summed E-state index contributed by atoms with van der Waals surface area (Å²) in [6.07, 6.45) is 0. The van der Waals surface area contributed by atoms with Crippen molar-refractivity contribution in [1.82, 2.24) is 4.31 Å². The predicted octanol–water partition coefficient (Wildman–Crippen LogP) is 1.72. The Labute approximate surface area is 126 Å². The molecule has 0 heterocycles. The number of carboxylic acid groups (broad SMARTS) is 1. The third-order valence-electron chi connectivity index (χ3n) is 2.37. The van der Waals surface area contributed by atoms with Gasteiger partial charge in [-0.3, -0.25) is 4.79 Å². The summed E-state index contributed by atoms with van der Waals surface area (Å²) in [6, 6.07) is 3.96. The van der Waals surface area contributed by atoms with Crippen LogP contribution >= 0.6 is 23.2 Å². The lowest BCUT2D eigenvalue weighted by atomic mass is 10.4. The Morgan fingerprint density at radius 3 is 2.60 bits per heavy atom. The van der Waals surface area contributed by atoms with E-state index < -0.39 is 22.5 Å². The molecule has 0 unspecified atom stereocenters. The molecule has 0 atom stereocenters. The second-order valence-electron chi connectivity index (χ2n) is 3.80. The molecular weight excluding hydrogens is 329 g/mol. The highest BCUT2D eigenvalue weighted by Crippen LogP contribution is 2.27. The van der Waals surface area contributed by atoms with E-state index in [9.17, 15) is 13.2 Å². The number of halogens is 2. The van der Waals surface area contributed by atoms with Crippen LogP contribution in [-0.2, 0) is 19.6 Å². The lowest BCUT2D eigenvalue weighted by molar-refractivity contribution is -0.137. The van der Waals surface area contributed by atoms with E-state index in [1.54, 1.807) is 0 Å². The molecular formula is C11H13Cl2NO5S. The SMILES string of the molecule is COCCN(CC(=O)O)S(=O)(=O)c1cc(Cl)ccc1Cl. The first-order valence-electron chi connectivity index (χ1n) is 5.45. The van der Waals surface area contributed by atoms with Gasteiger partial charge in [-0.2, -0.15) is 4.31 Å². The van der Waals surface area contributed by atoms with Crippen molar-refractivity contribution in [2.75, 3.05) is 26.8 Å². The fraction of sp³-hybridized carbons (Fsp3) is 0.364. The molecule has 112 valence electrons. The Bertz CT molecular complexity index is 590. The number of benzene rings is 1. The zero-order valence-corrected chi connectivity index (χ0v) is 12.9. The highest BCUT2D eigenvalue weighted by atomic mass is 35.5. The van der Waals surface area contributed by atoms with Crippen LogP contribution in [0.25, 0.3) is 0 Å². The summed E-state index contributed by atoms with van der Waals surface area (Å²) in [7, 11) is -2.68. The number of nitrogens with zero attached hydrogens (tertiary/aromatic N) is 1. The van der Waals surface area contributed by atoms with Crippen molar-refractivity contribution in [1.29, 1.82) is 0 Å². The van der Waals surface area contributed by atoms with Crippen molar-refractivity contribution in [3.8, 4) is 0 Å². The third-order valence-corrected chi connectivity index (χ3v) is 4.93. The van der Waals surface area contributed by atoms with Crippen molar-refractivity contribution < 1.29 is 23.1 Å². The van der Waals surface area contributed by atoms with Crippen LogP contribution in [0.1, 0.15) is 0 Å². The van der Waals surface area contributed by atoms with Crippen molar-refractivity contribution >= 4 is 39.2 Å². The van der Waals surface area contributed by atoms with Gasteiger partial charge in [0.05, 0.1) is 11.6 Å². The van der Waals surface area contributed by atoms with E-state index in [-0.39, 0.29) is 28.1 Å². The minimum Gasteiger partial charge on any atom is -0.480 e. The topological polar surface area (TPSA) is 83.9 Å². The number of carbonyl (C=O) groups is 1. The minimum absolute atomic E-state index is 0.0257. The normalized spacial score (nSPS) is 11.8. The van der Waals surface area contributed by atoms with Crippen molar-refractivity contribution in [2.45, 2.75) is 4.90 Å². The molecule has 0 saturated carbocycles. The summed E-state index contributed by atoms with van der Waals surface area (Å²) in [5.41, 5.74) is 0. The second kappa shape index (κ2) is 7.24. The van der Waals surface area contributed by atoms with Crippen molar-refractivity contribution in [3.05, 3.63) is 28.2 Å². The standard InChI is InChI=1S/C11H13Cl2NO5S/c1-19-5-4-14(7-11(15)16)20(17,18)10-6-8(12)2-3-9(10)13/h2-3,6H,4-5,7H2,1H3,(H,15,16). The lowest BCUT2D eigenvalue weighted by Crippen LogP contribution is -2.38. The zero-order valence-electron chi connectivity index (χ0n) is 10.5. The van der Waals surface area contributed by atoms with Gasteiger partial charge in [-0.05, 0) is 18.2 Å². The maximum Gasteiger partial charge on any atom is 0.318 e. The second-order valence-corrected chi connectivity index (χ2v) is 6.55. The monoisotopic (exact) mass is 341 g/mol. The molecule has 0 fully saturated rings. The molecule has 1 rings (SSSR count). The lowest BCUT2D eigenvalue weighted by Gasteiger charge is -2.20. The number of sulfonamides is 1. The first kappa shape index (κ1) is 17.2. The summed E-state index contributed by atoms with van der Waals surface area (Å²) in [5.74, 6) is -1.28. The van der Waals surface area contributed by atoms with Crippen LogP contribution in [0, 0.1) is 0 Å². The molecule has 0 aliphatic rings. The van der Waals surface area contributed by atoms with E-state index in [2.05, 4.69) is 0 Å². The molecule has 1 aromatic carbocycles. The Morgan fingerprint density at radius 2 is 2.05 bits per heavy atom. The minimum atomic E-state index is -4.07. The molecule has 9 heteroatoms. The highest BCUT2D eigenvalue weighted by Gasteiger charge is 2.28. The van der Waals surface area contributed by atoms with Crippen LogP contribution in [0.2, 0.25) is 10.0 Å². The fourth-order valence-electron chi connectivity index (χ4n) is 1.44. The van der Waals surface area contributed by atoms with E-state index in [0.717, 1.165) is 4.31 Å². The first-order valence-corrected chi connectivity index (χ1v) is 7.64. The van der Waals surface area contributed by atoms with Gasteiger partial charge in [0.1, 0.15) is 11.4 Å². The quantitative estimate of drug-likeness (QED) is 0.816. The summed E-state index contributed by atoms with van der Waals surface area (Å²) >= 11 is 11.6. The fourth-order valence-corrected chi connectivity index (χ4v) is 3.55. The maximum absolute atomic E-state index is 12.4. The largest absolute Gasteiger partial charge is 0.480 e. The number of methoxy groups -OCH3 is 1. The molecule has 20 heavy (non-hydrogen) atoms. The Balaban J connectivity index is 3.20. The van der Waals surface area contributed by atoms with Gasteiger partial charge >= 0.3 is 5.97 Å². The smallest absolute Gasteiger partial charge is 0.318 e. The molecule has 1 aromatic rings. The van der Waals surface area contributed by atoms with Gasteiger partial charge in [-0.15, -0.1) is 0 Å². The van der Waals surface area contributed by atoms with E-state index in [0.29, 0.717) is 0 Å². The number of hydrogen-bond donors (Lipinski definition) is 1. The molecule has 0 radical (unpaired) electrons. The Kier molecular flexibility index (Phi) is 6.22. The summed E-state index contributed by atoms with van der Waals surface area (Å²) < 4.78 is 30.4. The van der Waals surface area contributed by atoms with Gasteiger partial charge in [-0.25, -0.2) is 8.42 Å². The van der Waals surface area contributed by atoms with Crippen molar-refractivity contribution in [3.63, 3.8) is 0 Å². The van der Waals surface area contributed by atoms with Crippen molar-refractivity contribution in [2.24, 2.45) is 0 Å². The number of carboxylic acids is 1. The molecule has 0 aliphatic heterocycles. The van der Waals surface area contributed by atoms with Crippen LogP contribution in [-0.4, -0.2) is 50.6 Å². The van der Waals surface area contributed by atoms with Gasteiger partial charge in [0.15, 0.2) is 0 Å². The average molecular weight is 342 g/mol. The molecule has 6 nitrogen and oxygen atoms in total. The van der Waals surface area contributed by atoms with E-state index in [4.69, 9.17) is 33.0 Å². The Hall–Kier alpha value is -0.860. The number of rotatable bonds is 7. The first-order chi connectivity index (χ1) is 9.28. The molecule has 0 amide bonds. The van der Waals surface area contributed by atoms with E-state index in [1.165, 1.54) is 25.3 Å². The molecule has 0 saturated heterocycles. The summed E-state index contributed by atoms with van der Waals surface area (Å²) in [6.45, 7) is -0.729. The molecule has 0 aliphatic carbocycles. The van der Waals surface area contributed by atoms with Gasteiger partial charge < -0.3 is 9.84 Å². The van der Waals surface area contributed by atoms with Crippen LogP contribution in [0.15, 0.2) is 23.1 Å². The highest BCUT2D eigenvalue weighted by molar-refractivity contribution is 7.89.